The van der Waals surface area contributed by atoms with Gasteiger partial charge in [0.1, 0.15) is 18.1 Å². The molecule has 3 rings (SSSR count). The van der Waals surface area contributed by atoms with Crippen LogP contribution in [0.25, 0.3) is 0 Å². The summed E-state index contributed by atoms with van der Waals surface area (Å²) in [6, 6.07) is 17.7. The largest absolute Gasteiger partial charge is 0.494 e. The zero-order valence-corrected chi connectivity index (χ0v) is 19.5. The van der Waals surface area contributed by atoms with Crippen LogP contribution in [0.4, 0.5) is 0 Å². The molecule has 0 aliphatic heterocycles. The molecule has 0 bridgehead atoms. The van der Waals surface area contributed by atoms with E-state index in [4.69, 9.17) is 44.3 Å². The maximum atomic E-state index is 12.2. The number of carbonyl (C=O) groups excluding carboxylic acids is 1. The van der Waals surface area contributed by atoms with Crippen molar-refractivity contribution in [3.05, 3.63) is 92.4 Å². The number of carbonyl (C=O) groups is 1. The Balaban J connectivity index is 1.60. The van der Waals surface area contributed by atoms with E-state index in [1.54, 1.807) is 36.4 Å². The van der Waals surface area contributed by atoms with Crippen LogP contribution in [0, 0.1) is 0 Å². The smallest absolute Gasteiger partial charge is 0.244 e. The van der Waals surface area contributed by atoms with Crippen LogP contribution in [-0.4, -0.2) is 18.7 Å². The average Bonchev–Trinajstić information content (AvgIpc) is 2.76. The number of ether oxygens (including phenoxy) is 2. The van der Waals surface area contributed by atoms with Gasteiger partial charge in [0.25, 0.3) is 0 Å². The predicted molar refractivity (Wildman–Crippen MR) is 129 cm³/mol. The second kappa shape index (κ2) is 11.8. The van der Waals surface area contributed by atoms with Gasteiger partial charge in [0, 0.05) is 26.2 Å². The molecule has 166 valence electrons. The third-order valence-electron chi connectivity index (χ3n) is 4.36. The minimum Gasteiger partial charge on any atom is -0.494 e. The molecule has 3 aromatic rings. The van der Waals surface area contributed by atoms with Crippen LogP contribution in [-0.2, 0) is 17.8 Å². The number of benzene rings is 3. The van der Waals surface area contributed by atoms with E-state index in [0.29, 0.717) is 33.0 Å². The Kier molecular flexibility index (Phi) is 8.80. The summed E-state index contributed by atoms with van der Waals surface area (Å²) < 4.78 is 11.3. The second-order valence-corrected chi connectivity index (χ2v) is 8.03. The summed E-state index contributed by atoms with van der Waals surface area (Å²) in [5.41, 5.74) is 4.78. The van der Waals surface area contributed by atoms with Gasteiger partial charge in [-0.1, -0.05) is 53.0 Å². The summed E-state index contributed by atoms with van der Waals surface area (Å²) in [6.07, 6.45) is 1.68. The van der Waals surface area contributed by atoms with Crippen molar-refractivity contribution in [1.29, 1.82) is 0 Å². The number of hydrogen-bond acceptors (Lipinski definition) is 4. The summed E-state index contributed by atoms with van der Waals surface area (Å²) in [6.45, 7) is 2.75. The Hall–Kier alpha value is -2.73. The van der Waals surface area contributed by atoms with Crippen molar-refractivity contribution in [2.24, 2.45) is 5.10 Å². The third-order valence-corrected chi connectivity index (χ3v) is 5.18. The standard InChI is InChI=1S/C24H21Cl3N2O3/c1-2-31-21-8-3-16(4-9-21)11-24(30)29-28-14-18-12-19(25)7-10-23(18)32-15-17-5-6-20(26)13-22(17)27/h3-10,12-14H,2,11,15H2,1H3,(H,29,30)/b28-14-. The van der Waals surface area contributed by atoms with Crippen LogP contribution in [0.3, 0.4) is 0 Å². The molecule has 0 spiro atoms. The number of rotatable bonds is 9. The van der Waals surface area contributed by atoms with Gasteiger partial charge in [0.2, 0.25) is 5.91 Å². The maximum Gasteiger partial charge on any atom is 0.244 e. The summed E-state index contributed by atoms with van der Waals surface area (Å²) in [4.78, 5) is 12.2. The zero-order valence-electron chi connectivity index (χ0n) is 17.3. The van der Waals surface area contributed by atoms with Crippen molar-refractivity contribution < 1.29 is 14.3 Å². The lowest BCUT2D eigenvalue weighted by molar-refractivity contribution is -0.120. The molecule has 0 atom stereocenters. The molecule has 5 nitrogen and oxygen atoms in total. The molecule has 0 saturated carbocycles. The second-order valence-electron chi connectivity index (χ2n) is 6.75. The van der Waals surface area contributed by atoms with Crippen LogP contribution in [0.5, 0.6) is 11.5 Å². The SMILES string of the molecule is CCOc1ccc(CC(=O)N/N=C\c2cc(Cl)ccc2OCc2ccc(Cl)cc2Cl)cc1. The van der Waals surface area contributed by atoms with E-state index in [-0.39, 0.29) is 18.9 Å². The lowest BCUT2D eigenvalue weighted by atomic mass is 10.1. The molecule has 32 heavy (non-hydrogen) atoms. The van der Waals surface area contributed by atoms with E-state index in [1.165, 1.54) is 6.21 Å². The van der Waals surface area contributed by atoms with E-state index < -0.39 is 0 Å². The van der Waals surface area contributed by atoms with Crippen LogP contribution in [0.1, 0.15) is 23.6 Å². The third kappa shape index (κ3) is 7.16. The summed E-state index contributed by atoms with van der Waals surface area (Å²) in [5, 5.41) is 5.63. The molecule has 1 amide bonds. The van der Waals surface area contributed by atoms with Crippen molar-refractivity contribution in [2.75, 3.05) is 6.61 Å². The average molecular weight is 492 g/mol. The van der Waals surface area contributed by atoms with Gasteiger partial charge in [-0.05, 0) is 55.0 Å². The fourth-order valence-corrected chi connectivity index (χ4v) is 3.46. The van der Waals surface area contributed by atoms with Gasteiger partial charge in [-0.3, -0.25) is 4.79 Å². The first kappa shape index (κ1) is 23.9. The molecule has 0 radical (unpaired) electrons. The molecule has 0 fully saturated rings. The molecular formula is C24H21Cl3N2O3. The quantitative estimate of drug-likeness (QED) is 0.281. The Bertz CT molecular complexity index is 1100. The van der Waals surface area contributed by atoms with E-state index in [2.05, 4.69) is 10.5 Å². The highest BCUT2D eigenvalue weighted by Gasteiger charge is 2.07. The molecule has 0 heterocycles. The first-order valence-corrected chi connectivity index (χ1v) is 11.0. The lowest BCUT2D eigenvalue weighted by Crippen LogP contribution is -2.19. The van der Waals surface area contributed by atoms with Gasteiger partial charge in [-0.2, -0.15) is 5.10 Å². The van der Waals surface area contributed by atoms with Crippen LogP contribution in [0.2, 0.25) is 15.1 Å². The molecular weight excluding hydrogens is 471 g/mol. The highest BCUT2D eigenvalue weighted by molar-refractivity contribution is 6.35. The van der Waals surface area contributed by atoms with Crippen molar-refractivity contribution >= 4 is 46.9 Å². The Morgan fingerprint density at radius 3 is 2.41 bits per heavy atom. The minimum atomic E-state index is -0.247. The Labute approximate surface area is 201 Å². The molecule has 8 heteroatoms. The van der Waals surface area contributed by atoms with Crippen LogP contribution < -0.4 is 14.9 Å². The van der Waals surface area contributed by atoms with Crippen LogP contribution >= 0.6 is 34.8 Å². The fraction of sp³-hybridized carbons (Fsp3) is 0.167. The van der Waals surface area contributed by atoms with Gasteiger partial charge in [-0.25, -0.2) is 5.43 Å². The zero-order chi connectivity index (χ0) is 22.9. The molecule has 0 aliphatic rings. The molecule has 1 N–H and O–H groups in total. The van der Waals surface area contributed by atoms with Crippen molar-refractivity contribution in [3.8, 4) is 11.5 Å². The van der Waals surface area contributed by atoms with Crippen LogP contribution in [0.15, 0.2) is 65.8 Å². The maximum absolute atomic E-state index is 12.2. The summed E-state index contributed by atoms with van der Waals surface area (Å²) in [5.74, 6) is 1.07. The molecule has 0 unspecified atom stereocenters. The van der Waals surface area contributed by atoms with E-state index in [9.17, 15) is 4.79 Å². The lowest BCUT2D eigenvalue weighted by Gasteiger charge is -2.11. The summed E-state index contributed by atoms with van der Waals surface area (Å²) in [7, 11) is 0. The normalized spacial score (nSPS) is 10.9. The van der Waals surface area contributed by atoms with Crippen molar-refractivity contribution in [3.63, 3.8) is 0 Å². The summed E-state index contributed by atoms with van der Waals surface area (Å²) >= 11 is 18.2. The van der Waals surface area contributed by atoms with E-state index >= 15 is 0 Å². The number of amides is 1. The van der Waals surface area contributed by atoms with Gasteiger partial charge >= 0.3 is 0 Å². The van der Waals surface area contributed by atoms with Gasteiger partial charge in [-0.15, -0.1) is 0 Å². The van der Waals surface area contributed by atoms with Gasteiger partial charge < -0.3 is 9.47 Å². The van der Waals surface area contributed by atoms with Crippen molar-refractivity contribution in [1.82, 2.24) is 5.43 Å². The molecule has 0 aromatic heterocycles. The highest BCUT2D eigenvalue weighted by Crippen LogP contribution is 2.25. The van der Waals surface area contributed by atoms with E-state index in [1.807, 2.05) is 31.2 Å². The minimum absolute atomic E-state index is 0.192. The highest BCUT2D eigenvalue weighted by atomic mass is 35.5. The number of nitrogens with zero attached hydrogens (tertiary/aromatic N) is 1. The molecule has 3 aromatic carbocycles. The predicted octanol–water partition coefficient (Wildman–Crippen LogP) is 6.32. The number of hydrogen-bond donors (Lipinski definition) is 1. The fourth-order valence-electron chi connectivity index (χ4n) is 2.81. The van der Waals surface area contributed by atoms with E-state index in [0.717, 1.165) is 16.9 Å². The topological polar surface area (TPSA) is 59.9 Å². The number of hydrazone groups is 1. The Morgan fingerprint density at radius 2 is 1.69 bits per heavy atom. The first-order valence-electron chi connectivity index (χ1n) is 9.84. The Morgan fingerprint density at radius 1 is 0.969 bits per heavy atom. The number of nitrogens with one attached hydrogen (secondary N) is 1. The molecule has 0 saturated heterocycles. The van der Waals surface area contributed by atoms with Gasteiger partial charge in [0.05, 0.1) is 19.2 Å². The van der Waals surface area contributed by atoms with Crippen molar-refractivity contribution in [2.45, 2.75) is 20.0 Å². The first-order chi connectivity index (χ1) is 15.4. The van der Waals surface area contributed by atoms with Gasteiger partial charge in [0.15, 0.2) is 0 Å². The molecule has 0 aliphatic carbocycles. The monoisotopic (exact) mass is 490 g/mol. The number of halogens is 3.